The van der Waals surface area contributed by atoms with Crippen molar-refractivity contribution >= 4 is 38.9 Å². The molecule has 0 bridgehead atoms. The van der Waals surface area contributed by atoms with Crippen LogP contribution in [-0.4, -0.2) is 21.8 Å². The van der Waals surface area contributed by atoms with E-state index >= 15 is 0 Å². The molecular formula is C27H25BrN4OS. The summed E-state index contributed by atoms with van der Waals surface area (Å²) >= 11 is 9.42. The van der Waals surface area contributed by atoms with E-state index in [2.05, 4.69) is 85.9 Å². The molecule has 1 saturated heterocycles. The van der Waals surface area contributed by atoms with Crippen LogP contribution in [0.1, 0.15) is 34.7 Å². The van der Waals surface area contributed by atoms with Crippen molar-refractivity contribution in [1.29, 1.82) is 0 Å². The smallest absolute Gasteiger partial charge is 0.174 e. The van der Waals surface area contributed by atoms with Gasteiger partial charge in [0.2, 0.25) is 0 Å². The first-order valence-electron chi connectivity index (χ1n) is 11.1. The quantitative estimate of drug-likeness (QED) is 0.299. The molecule has 0 amide bonds. The van der Waals surface area contributed by atoms with Gasteiger partial charge in [-0.05, 0) is 86.2 Å². The van der Waals surface area contributed by atoms with Crippen molar-refractivity contribution in [1.82, 2.24) is 14.9 Å². The standard InChI is InChI=1S/C27H25BrN4OS/c1-17-15-23(18(2)31(17)21-7-6-8-22(16-21)33-3)26-25(24-9-4-5-14-29-24)30-27(34)32(26)20-12-10-19(28)11-13-20/h4-16,25-26H,1-3H3,(H,30,34)/t25-,26-/m0/s1. The van der Waals surface area contributed by atoms with Gasteiger partial charge in [-0.2, -0.15) is 0 Å². The number of nitrogens with zero attached hydrogens (tertiary/aromatic N) is 3. The van der Waals surface area contributed by atoms with Crippen molar-refractivity contribution in [2.24, 2.45) is 0 Å². The number of benzene rings is 2. The lowest BCUT2D eigenvalue weighted by atomic mass is 9.96. The minimum absolute atomic E-state index is 0.0610. The van der Waals surface area contributed by atoms with Crippen LogP contribution in [0.5, 0.6) is 5.75 Å². The summed E-state index contributed by atoms with van der Waals surface area (Å²) in [5.74, 6) is 0.832. The summed E-state index contributed by atoms with van der Waals surface area (Å²) in [7, 11) is 1.69. The van der Waals surface area contributed by atoms with Gasteiger partial charge in [0, 0.05) is 39.5 Å². The summed E-state index contributed by atoms with van der Waals surface area (Å²) in [5, 5.41) is 4.24. The monoisotopic (exact) mass is 532 g/mol. The van der Waals surface area contributed by atoms with Gasteiger partial charge in [-0.15, -0.1) is 0 Å². The molecule has 2 aromatic heterocycles. The molecule has 34 heavy (non-hydrogen) atoms. The van der Waals surface area contributed by atoms with E-state index in [1.165, 1.54) is 5.56 Å². The molecule has 0 radical (unpaired) electrons. The summed E-state index contributed by atoms with van der Waals surface area (Å²) in [6, 6.07) is 24.5. The van der Waals surface area contributed by atoms with E-state index in [0.717, 1.165) is 38.7 Å². The molecule has 5 nitrogen and oxygen atoms in total. The number of rotatable bonds is 5. The van der Waals surface area contributed by atoms with Gasteiger partial charge < -0.3 is 19.5 Å². The fourth-order valence-corrected chi connectivity index (χ4v) is 5.39. The topological polar surface area (TPSA) is 42.3 Å². The van der Waals surface area contributed by atoms with Gasteiger partial charge in [-0.25, -0.2) is 0 Å². The molecule has 0 unspecified atom stereocenters. The second-order valence-electron chi connectivity index (χ2n) is 8.34. The third-order valence-corrected chi connectivity index (χ3v) is 7.15. The third kappa shape index (κ3) is 3.99. The Bertz CT molecular complexity index is 1340. The van der Waals surface area contributed by atoms with Crippen LogP contribution in [0.25, 0.3) is 5.69 Å². The van der Waals surface area contributed by atoms with Gasteiger partial charge in [-0.1, -0.05) is 28.1 Å². The first-order chi connectivity index (χ1) is 16.5. The zero-order chi connectivity index (χ0) is 23.8. The summed E-state index contributed by atoms with van der Waals surface area (Å²) in [5.41, 5.74) is 6.57. The largest absolute Gasteiger partial charge is 0.497 e. The number of hydrogen-bond acceptors (Lipinski definition) is 3. The van der Waals surface area contributed by atoms with Crippen molar-refractivity contribution in [3.8, 4) is 11.4 Å². The fourth-order valence-electron chi connectivity index (χ4n) is 4.78. The number of pyridine rings is 1. The lowest BCUT2D eigenvalue weighted by Crippen LogP contribution is -2.29. The van der Waals surface area contributed by atoms with Crippen molar-refractivity contribution in [2.45, 2.75) is 25.9 Å². The molecule has 0 aliphatic carbocycles. The van der Waals surface area contributed by atoms with Crippen LogP contribution in [0.3, 0.4) is 0 Å². The van der Waals surface area contributed by atoms with Crippen molar-refractivity contribution in [2.75, 3.05) is 12.0 Å². The molecule has 0 spiro atoms. The van der Waals surface area contributed by atoms with Gasteiger partial charge >= 0.3 is 0 Å². The molecule has 7 heteroatoms. The van der Waals surface area contributed by atoms with Gasteiger partial charge in [0.05, 0.1) is 24.9 Å². The molecule has 4 aromatic rings. The maximum absolute atomic E-state index is 5.87. The predicted molar refractivity (Wildman–Crippen MR) is 144 cm³/mol. The van der Waals surface area contributed by atoms with Crippen LogP contribution >= 0.6 is 28.1 Å². The molecule has 1 N–H and O–H groups in total. The van der Waals surface area contributed by atoms with Crippen molar-refractivity contribution < 1.29 is 4.74 Å². The van der Waals surface area contributed by atoms with E-state index in [-0.39, 0.29) is 12.1 Å². The molecule has 0 saturated carbocycles. The first-order valence-corrected chi connectivity index (χ1v) is 12.3. The SMILES string of the molecule is COc1cccc(-n2c(C)cc([C@H]3[C@H](c4ccccn4)NC(=S)N3c3ccc(Br)cc3)c2C)c1. The minimum Gasteiger partial charge on any atom is -0.497 e. The number of nitrogens with one attached hydrogen (secondary N) is 1. The Kier molecular flexibility index (Phi) is 6.15. The van der Waals surface area contributed by atoms with Crippen LogP contribution in [0, 0.1) is 13.8 Å². The van der Waals surface area contributed by atoms with E-state index in [9.17, 15) is 0 Å². The van der Waals surface area contributed by atoms with Gasteiger partial charge in [0.25, 0.3) is 0 Å². The molecule has 1 aliphatic heterocycles. The van der Waals surface area contributed by atoms with Crippen LogP contribution in [-0.2, 0) is 0 Å². The summed E-state index contributed by atoms with van der Waals surface area (Å²) in [6.45, 7) is 4.30. The van der Waals surface area contributed by atoms with Gasteiger partial charge in [0.1, 0.15) is 5.75 Å². The Morgan fingerprint density at radius 3 is 2.47 bits per heavy atom. The van der Waals surface area contributed by atoms with Crippen LogP contribution in [0.15, 0.2) is 83.5 Å². The van der Waals surface area contributed by atoms with E-state index in [1.54, 1.807) is 7.11 Å². The number of aromatic nitrogens is 2. The highest BCUT2D eigenvalue weighted by Crippen LogP contribution is 2.44. The normalized spacial score (nSPS) is 17.6. The number of methoxy groups -OCH3 is 1. The number of hydrogen-bond donors (Lipinski definition) is 1. The molecule has 2 aromatic carbocycles. The van der Waals surface area contributed by atoms with Gasteiger partial charge in [-0.3, -0.25) is 4.98 Å². The Morgan fingerprint density at radius 1 is 0.971 bits per heavy atom. The lowest BCUT2D eigenvalue weighted by Gasteiger charge is -2.28. The highest BCUT2D eigenvalue weighted by Gasteiger charge is 2.42. The molecule has 1 aliphatic rings. The Morgan fingerprint density at radius 2 is 1.76 bits per heavy atom. The zero-order valence-corrected chi connectivity index (χ0v) is 21.6. The molecule has 172 valence electrons. The maximum atomic E-state index is 5.87. The predicted octanol–water partition coefficient (Wildman–Crippen LogP) is 6.44. The number of aryl methyl sites for hydroxylation is 1. The summed E-state index contributed by atoms with van der Waals surface area (Å²) in [6.07, 6.45) is 1.83. The number of anilines is 1. The number of halogens is 1. The lowest BCUT2D eigenvalue weighted by molar-refractivity contribution is 0.414. The van der Waals surface area contributed by atoms with Crippen molar-refractivity contribution in [3.63, 3.8) is 0 Å². The molecule has 2 atom stereocenters. The molecule has 3 heterocycles. The third-order valence-electron chi connectivity index (χ3n) is 6.30. The fraction of sp³-hybridized carbons (Fsp3) is 0.185. The number of thiocarbonyl (C=S) groups is 1. The Balaban J connectivity index is 1.67. The summed E-state index contributed by atoms with van der Waals surface area (Å²) in [4.78, 5) is 6.88. The molecular weight excluding hydrogens is 508 g/mol. The maximum Gasteiger partial charge on any atom is 0.174 e. The van der Waals surface area contributed by atoms with Crippen LogP contribution < -0.4 is 15.0 Å². The van der Waals surface area contributed by atoms with Gasteiger partial charge in [0.15, 0.2) is 5.11 Å². The van der Waals surface area contributed by atoms with E-state index in [0.29, 0.717) is 5.11 Å². The van der Waals surface area contributed by atoms with E-state index in [1.807, 2.05) is 42.6 Å². The average molecular weight is 533 g/mol. The van der Waals surface area contributed by atoms with Crippen LogP contribution in [0.2, 0.25) is 0 Å². The van der Waals surface area contributed by atoms with E-state index in [4.69, 9.17) is 17.0 Å². The van der Waals surface area contributed by atoms with E-state index < -0.39 is 0 Å². The first kappa shape index (κ1) is 22.6. The summed E-state index contributed by atoms with van der Waals surface area (Å²) < 4.78 is 8.78. The highest BCUT2D eigenvalue weighted by atomic mass is 79.9. The molecule has 5 rings (SSSR count). The second-order valence-corrected chi connectivity index (χ2v) is 9.64. The Hall–Kier alpha value is -3.16. The zero-order valence-electron chi connectivity index (χ0n) is 19.2. The highest BCUT2D eigenvalue weighted by molar-refractivity contribution is 9.10. The van der Waals surface area contributed by atoms with Crippen molar-refractivity contribution in [3.05, 3.63) is 106 Å². The second kappa shape index (κ2) is 9.24. The van der Waals surface area contributed by atoms with Crippen LogP contribution in [0.4, 0.5) is 5.69 Å². The molecule has 1 fully saturated rings. The Labute approximate surface area is 213 Å². The average Bonchev–Trinajstić information content (AvgIpc) is 3.35. The number of ether oxygens (including phenoxy) is 1. The minimum atomic E-state index is -0.0865.